The Hall–Kier alpha value is -0.0400. The summed E-state index contributed by atoms with van der Waals surface area (Å²) >= 11 is 0. The molecule has 0 spiro atoms. The van der Waals surface area contributed by atoms with E-state index in [1.54, 1.807) is 0 Å². The van der Waals surface area contributed by atoms with Gasteiger partial charge in [0.05, 0.1) is 0 Å². The molecule has 0 bridgehead atoms. The summed E-state index contributed by atoms with van der Waals surface area (Å²) in [6.45, 7) is 7.55. The highest BCUT2D eigenvalue weighted by Crippen LogP contribution is 2.31. The minimum absolute atomic E-state index is 0.949. The van der Waals surface area contributed by atoms with Crippen LogP contribution in [0.15, 0.2) is 0 Å². The molecule has 0 aliphatic carbocycles. The van der Waals surface area contributed by atoms with Crippen LogP contribution in [-0.4, -0.2) is 24.0 Å². The molecule has 0 radical (unpaired) electrons. The second-order valence-corrected chi connectivity index (χ2v) is 4.96. The number of hydrogen-bond acceptors (Lipinski definition) is 1. The molecular formula is C11H21N. The summed E-state index contributed by atoms with van der Waals surface area (Å²) in [6, 6.07) is 0.949. The summed E-state index contributed by atoms with van der Waals surface area (Å²) in [6.07, 6.45) is 5.83. The van der Waals surface area contributed by atoms with E-state index in [-0.39, 0.29) is 0 Å². The molecule has 0 aromatic carbocycles. The van der Waals surface area contributed by atoms with E-state index in [0.29, 0.717) is 0 Å². The van der Waals surface area contributed by atoms with Crippen LogP contribution in [0.1, 0.15) is 39.5 Å². The Balaban J connectivity index is 1.94. The van der Waals surface area contributed by atoms with Gasteiger partial charge in [-0.3, -0.25) is 0 Å². The molecule has 70 valence electrons. The van der Waals surface area contributed by atoms with Gasteiger partial charge < -0.3 is 4.90 Å². The first kappa shape index (κ1) is 8.55. The third-order valence-electron chi connectivity index (χ3n) is 3.64. The highest BCUT2D eigenvalue weighted by molar-refractivity contribution is 4.85. The number of piperidine rings is 2. The number of nitrogens with zero attached hydrogens (tertiary/aromatic N) is 1. The molecule has 2 aliphatic rings. The van der Waals surface area contributed by atoms with E-state index in [0.717, 1.165) is 17.9 Å². The fraction of sp³-hybridized carbons (Fsp3) is 1.00. The first-order valence-corrected chi connectivity index (χ1v) is 5.49. The maximum absolute atomic E-state index is 2.73. The van der Waals surface area contributed by atoms with Crippen molar-refractivity contribution < 1.29 is 0 Å². The molecule has 2 saturated heterocycles. The average molecular weight is 167 g/mol. The lowest BCUT2D eigenvalue weighted by molar-refractivity contribution is 0.0600. The van der Waals surface area contributed by atoms with Crippen LogP contribution in [0.2, 0.25) is 0 Å². The Morgan fingerprint density at radius 3 is 2.67 bits per heavy atom. The summed E-state index contributed by atoms with van der Waals surface area (Å²) in [5.41, 5.74) is 0. The first-order valence-electron chi connectivity index (χ1n) is 5.49. The minimum Gasteiger partial charge on any atom is -0.300 e. The Morgan fingerprint density at radius 2 is 1.83 bits per heavy atom. The van der Waals surface area contributed by atoms with E-state index in [2.05, 4.69) is 18.7 Å². The van der Waals surface area contributed by atoms with Crippen molar-refractivity contribution in [3.8, 4) is 0 Å². The molecule has 0 aromatic rings. The average Bonchev–Trinajstić information content (AvgIpc) is 2.05. The van der Waals surface area contributed by atoms with Crippen LogP contribution in [0.5, 0.6) is 0 Å². The summed E-state index contributed by atoms with van der Waals surface area (Å²) in [5, 5.41) is 0. The number of fused-ring (bicyclic) bond motifs is 1. The number of rotatable bonds is 0. The molecule has 2 aliphatic heterocycles. The molecule has 0 N–H and O–H groups in total. The molecule has 12 heavy (non-hydrogen) atoms. The van der Waals surface area contributed by atoms with Gasteiger partial charge in [0.25, 0.3) is 0 Å². The zero-order valence-electron chi connectivity index (χ0n) is 8.42. The van der Waals surface area contributed by atoms with Crippen molar-refractivity contribution in [2.45, 2.75) is 45.6 Å². The molecule has 2 fully saturated rings. The molecule has 3 unspecified atom stereocenters. The zero-order valence-corrected chi connectivity index (χ0v) is 8.42. The lowest BCUT2D eigenvalue weighted by Gasteiger charge is -2.43. The number of hydrogen-bond donors (Lipinski definition) is 0. The van der Waals surface area contributed by atoms with Crippen molar-refractivity contribution >= 4 is 0 Å². The Morgan fingerprint density at radius 1 is 1.00 bits per heavy atom. The van der Waals surface area contributed by atoms with Crippen molar-refractivity contribution in [3.63, 3.8) is 0 Å². The fourth-order valence-electron chi connectivity index (χ4n) is 2.81. The fourth-order valence-corrected chi connectivity index (χ4v) is 2.81. The lowest BCUT2D eigenvalue weighted by atomic mass is 9.84. The van der Waals surface area contributed by atoms with Crippen molar-refractivity contribution in [2.75, 3.05) is 13.1 Å². The second kappa shape index (κ2) is 3.37. The predicted octanol–water partition coefficient (Wildman–Crippen LogP) is 2.52. The second-order valence-electron chi connectivity index (χ2n) is 4.96. The monoisotopic (exact) mass is 167 g/mol. The molecule has 1 nitrogen and oxygen atoms in total. The van der Waals surface area contributed by atoms with Gasteiger partial charge in [-0.15, -0.1) is 0 Å². The highest BCUT2D eigenvalue weighted by Gasteiger charge is 2.30. The summed E-state index contributed by atoms with van der Waals surface area (Å²) < 4.78 is 0. The van der Waals surface area contributed by atoms with Crippen LogP contribution in [0, 0.1) is 11.8 Å². The molecule has 0 saturated carbocycles. The molecule has 1 heteroatoms. The van der Waals surface area contributed by atoms with Crippen LogP contribution >= 0.6 is 0 Å². The minimum atomic E-state index is 0.949. The predicted molar refractivity (Wildman–Crippen MR) is 52.2 cm³/mol. The first-order chi connectivity index (χ1) is 5.75. The van der Waals surface area contributed by atoms with Gasteiger partial charge in [0.2, 0.25) is 0 Å². The standard InChI is InChI=1S/C11H21N/c1-9-5-6-12-8-10(2)3-4-11(12)7-9/h9-11H,3-8H2,1-2H3. The highest BCUT2D eigenvalue weighted by atomic mass is 15.2. The van der Waals surface area contributed by atoms with Gasteiger partial charge in [0, 0.05) is 12.6 Å². The molecular weight excluding hydrogens is 146 g/mol. The van der Waals surface area contributed by atoms with E-state index in [1.807, 2.05) is 0 Å². The summed E-state index contributed by atoms with van der Waals surface area (Å²) in [7, 11) is 0. The lowest BCUT2D eigenvalue weighted by Crippen LogP contribution is -2.47. The van der Waals surface area contributed by atoms with Gasteiger partial charge in [0.15, 0.2) is 0 Å². The van der Waals surface area contributed by atoms with Crippen LogP contribution < -0.4 is 0 Å². The van der Waals surface area contributed by atoms with Crippen LogP contribution in [0.4, 0.5) is 0 Å². The molecule has 2 rings (SSSR count). The molecule has 0 aromatic heterocycles. The van der Waals surface area contributed by atoms with E-state index in [4.69, 9.17) is 0 Å². The molecule has 3 atom stereocenters. The smallest absolute Gasteiger partial charge is 0.00980 e. The van der Waals surface area contributed by atoms with Crippen LogP contribution in [0.3, 0.4) is 0 Å². The van der Waals surface area contributed by atoms with Gasteiger partial charge in [0.1, 0.15) is 0 Å². The SMILES string of the molecule is CC1CCN2CC(C)CCC2C1. The van der Waals surface area contributed by atoms with Gasteiger partial charge in [-0.1, -0.05) is 13.8 Å². The molecule has 0 amide bonds. The van der Waals surface area contributed by atoms with Crippen LogP contribution in [0.25, 0.3) is 0 Å². The quantitative estimate of drug-likeness (QED) is 0.536. The van der Waals surface area contributed by atoms with Crippen molar-refractivity contribution in [3.05, 3.63) is 0 Å². The topological polar surface area (TPSA) is 3.24 Å². The summed E-state index contributed by atoms with van der Waals surface area (Å²) in [4.78, 5) is 2.73. The van der Waals surface area contributed by atoms with Gasteiger partial charge in [-0.25, -0.2) is 0 Å². The van der Waals surface area contributed by atoms with Crippen molar-refractivity contribution in [1.29, 1.82) is 0 Å². The Kier molecular flexibility index (Phi) is 2.40. The maximum Gasteiger partial charge on any atom is 0.00980 e. The zero-order chi connectivity index (χ0) is 8.55. The third-order valence-corrected chi connectivity index (χ3v) is 3.64. The largest absolute Gasteiger partial charge is 0.300 e. The normalized spacial score (nSPS) is 44.0. The van der Waals surface area contributed by atoms with Crippen LogP contribution in [-0.2, 0) is 0 Å². The van der Waals surface area contributed by atoms with Gasteiger partial charge in [-0.2, -0.15) is 0 Å². The van der Waals surface area contributed by atoms with E-state index in [9.17, 15) is 0 Å². The van der Waals surface area contributed by atoms with E-state index < -0.39 is 0 Å². The van der Waals surface area contributed by atoms with Crippen molar-refractivity contribution in [1.82, 2.24) is 4.90 Å². The third kappa shape index (κ3) is 1.66. The summed E-state index contributed by atoms with van der Waals surface area (Å²) in [5.74, 6) is 1.94. The Labute approximate surface area is 76.1 Å². The van der Waals surface area contributed by atoms with E-state index in [1.165, 1.54) is 38.8 Å². The molecule has 2 heterocycles. The van der Waals surface area contributed by atoms with Gasteiger partial charge in [-0.05, 0) is 44.1 Å². The Bertz CT molecular complexity index is 137. The van der Waals surface area contributed by atoms with Crippen molar-refractivity contribution in [2.24, 2.45) is 11.8 Å². The maximum atomic E-state index is 2.73. The van der Waals surface area contributed by atoms with Gasteiger partial charge >= 0.3 is 0 Å². The van der Waals surface area contributed by atoms with E-state index >= 15 is 0 Å².